The molecule has 2 aromatic heterocycles. The number of ether oxygens (including phenoxy) is 1. The van der Waals surface area contributed by atoms with Crippen LogP contribution in [0, 0.1) is 0 Å². The van der Waals surface area contributed by atoms with Crippen LogP contribution < -0.4 is 21.7 Å². The lowest BCUT2D eigenvalue weighted by atomic mass is 10.2. The summed E-state index contributed by atoms with van der Waals surface area (Å²) in [5, 5.41) is 8.26. The van der Waals surface area contributed by atoms with Gasteiger partial charge in [0.2, 0.25) is 11.8 Å². The minimum Gasteiger partial charge on any atom is -0.445 e. The summed E-state index contributed by atoms with van der Waals surface area (Å²) in [6.07, 6.45) is 5.89. The van der Waals surface area contributed by atoms with Crippen molar-refractivity contribution < 1.29 is 19.1 Å². The maximum atomic E-state index is 12.9. The quantitative estimate of drug-likeness (QED) is 0.174. The second-order valence-corrected chi connectivity index (χ2v) is 10.6. The van der Waals surface area contributed by atoms with Crippen molar-refractivity contribution in [3.05, 3.63) is 96.1 Å². The first-order valence-electron chi connectivity index (χ1n) is 11.8. The monoisotopic (exact) mass is 554 g/mol. The Balaban J connectivity index is 1.45. The van der Waals surface area contributed by atoms with Crippen molar-refractivity contribution in [1.29, 1.82) is 0 Å². The second kappa shape index (κ2) is 16.3. The maximum Gasteiger partial charge on any atom is 0.408 e. The summed E-state index contributed by atoms with van der Waals surface area (Å²) < 4.78 is 5.28. The van der Waals surface area contributed by atoms with Gasteiger partial charge in [-0.15, -0.1) is 0 Å². The average Bonchev–Trinajstić information content (AvgIpc) is 2.96. The zero-order chi connectivity index (χ0) is 27.0. The first-order chi connectivity index (χ1) is 18.5. The Kier molecular flexibility index (Phi) is 12.4. The highest BCUT2D eigenvalue weighted by Gasteiger charge is 2.22. The number of nitrogens with one attached hydrogen (secondary N) is 3. The molecule has 10 nitrogen and oxygen atoms in total. The molecule has 0 bridgehead atoms. The summed E-state index contributed by atoms with van der Waals surface area (Å²) in [6, 6.07) is 14.9. The molecule has 2 heterocycles. The Bertz CT molecular complexity index is 1140. The molecular weight excluding hydrogens is 524 g/mol. The van der Waals surface area contributed by atoms with E-state index in [1.54, 1.807) is 36.9 Å². The summed E-state index contributed by atoms with van der Waals surface area (Å²) in [7, 11) is 2.68. The van der Waals surface area contributed by atoms with E-state index in [0.29, 0.717) is 18.8 Å². The van der Waals surface area contributed by atoms with Gasteiger partial charge in [0.1, 0.15) is 12.6 Å². The fourth-order valence-corrected chi connectivity index (χ4v) is 5.32. The Morgan fingerprint density at radius 2 is 1.32 bits per heavy atom. The van der Waals surface area contributed by atoms with Gasteiger partial charge in [-0.3, -0.25) is 19.6 Å². The molecule has 0 spiro atoms. The maximum absolute atomic E-state index is 12.9. The van der Waals surface area contributed by atoms with Gasteiger partial charge in [-0.25, -0.2) is 4.79 Å². The molecule has 0 aliphatic rings. The predicted octanol–water partition coefficient (Wildman–Crippen LogP) is 2.41. The number of rotatable bonds is 14. The third kappa shape index (κ3) is 10.8. The van der Waals surface area contributed by atoms with Crippen molar-refractivity contribution in [2.24, 2.45) is 5.73 Å². The predicted molar refractivity (Wildman–Crippen MR) is 149 cm³/mol. The molecule has 1 aromatic carbocycles. The molecule has 200 valence electrons. The SMILES string of the molecule is NC(CSSC[C@H](NC(=O)OCc1ccccc1)C(=O)NCc1ccncc1)C(=O)NCc1ccncc1. The zero-order valence-electron chi connectivity index (χ0n) is 20.6. The standard InChI is InChI=1S/C26H30N6O4S2/c27-22(24(33)30-14-19-6-10-28-11-7-19)17-37-38-18-23(25(34)31-15-20-8-12-29-13-9-20)32-26(35)36-16-21-4-2-1-3-5-21/h1-13,22-23H,14-18,27H2,(H,30,33)(H,31,34)(H,32,35)/t22?,23-/m0/s1. The van der Waals surface area contributed by atoms with Crippen LogP contribution in [-0.4, -0.2) is 51.5 Å². The molecule has 3 aromatic rings. The van der Waals surface area contributed by atoms with Crippen molar-refractivity contribution in [2.45, 2.75) is 31.8 Å². The highest BCUT2D eigenvalue weighted by molar-refractivity contribution is 8.76. The third-order valence-corrected chi connectivity index (χ3v) is 7.60. The number of pyridine rings is 2. The van der Waals surface area contributed by atoms with E-state index in [9.17, 15) is 14.4 Å². The Morgan fingerprint density at radius 1 is 0.763 bits per heavy atom. The van der Waals surface area contributed by atoms with Crippen LogP contribution in [0.15, 0.2) is 79.4 Å². The molecule has 0 saturated heterocycles. The highest BCUT2D eigenvalue weighted by atomic mass is 33.1. The first kappa shape index (κ1) is 29.0. The van der Waals surface area contributed by atoms with Gasteiger partial charge in [-0.1, -0.05) is 51.9 Å². The molecule has 0 aliphatic carbocycles. The van der Waals surface area contributed by atoms with Gasteiger partial charge in [-0.2, -0.15) is 0 Å². The van der Waals surface area contributed by atoms with Gasteiger partial charge in [0, 0.05) is 49.4 Å². The minimum absolute atomic E-state index is 0.0867. The summed E-state index contributed by atoms with van der Waals surface area (Å²) in [5.41, 5.74) is 8.65. The van der Waals surface area contributed by atoms with Crippen LogP contribution in [0.2, 0.25) is 0 Å². The number of nitrogens with zero attached hydrogens (tertiary/aromatic N) is 2. The summed E-state index contributed by atoms with van der Waals surface area (Å²) in [6.45, 7) is 0.740. The molecule has 5 N–H and O–H groups in total. The normalized spacial score (nSPS) is 12.1. The number of amides is 3. The lowest BCUT2D eigenvalue weighted by Crippen LogP contribution is -2.48. The molecule has 3 amide bonds. The third-order valence-electron chi connectivity index (χ3n) is 5.16. The fraction of sp³-hybridized carbons (Fsp3) is 0.269. The fourth-order valence-electron chi connectivity index (χ4n) is 3.04. The Hall–Kier alpha value is -3.61. The number of alkyl carbamates (subject to hydrolysis) is 1. The van der Waals surface area contributed by atoms with Crippen molar-refractivity contribution in [1.82, 2.24) is 25.9 Å². The van der Waals surface area contributed by atoms with Gasteiger partial charge in [-0.05, 0) is 41.0 Å². The average molecular weight is 555 g/mol. The van der Waals surface area contributed by atoms with Crippen molar-refractivity contribution in [2.75, 3.05) is 11.5 Å². The number of benzene rings is 1. The van der Waals surface area contributed by atoms with Crippen molar-refractivity contribution in [3.8, 4) is 0 Å². The van der Waals surface area contributed by atoms with Gasteiger partial charge in [0.25, 0.3) is 0 Å². The molecule has 0 radical (unpaired) electrons. The van der Waals surface area contributed by atoms with Crippen LogP contribution in [0.1, 0.15) is 16.7 Å². The zero-order valence-corrected chi connectivity index (χ0v) is 22.3. The molecule has 1 unspecified atom stereocenters. The van der Waals surface area contributed by atoms with E-state index in [1.165, 1.54) is 21.6 Å². The number of hydrogen-bond acceptors (Lipinski definition) is 9. The molecule has 0 fully saturated rings. The first-order valence-corrected chi connectivity index (χ1v) is 14.3. The smallest absolute Gasteiger partial charge is 0.408 e. The summed E-state index contributed by atoms with van der Waals surface area (Å²) in [5.74, 6) is -0.0508. The Labute approximate surface area is 229 Å². The van der Waals surface area contributed by atoms with Crippen molar-refractivity contribution in [3.63, 3.8) is 0 Å². The molecule has 0 saturated carbocycles. The number of carbonyl (C=O) groups is 3. The Morgan fingerprint density at radius 3 is 1.92 bits per heavy atom. The van der Waals surface area contributed by atoms with Crippen LogP contribution in [0.5, 0.6) is 0 Å². The van der Waals surface area contributed by atoms with Crippen LogP contribution in [-0.2, 0) is 34.0 Å². The van der Waals surface area contributed by atoms with Gasteiger partial charge in [0.05, 0.1) is 6.04 Å². The van der Waals surface area contributed by atoms with E-state index in [2.05, 4.69) is 25.9 Å². The van der Waals surface area contributed by atoms with Gasteiger partial charge in [0.15, 0.2) is 0 Å². The van der Waals surface area contributed by atoms with Crippen molar-refractivity contribution >= 4 is 39.5 Å². The van der Waals surface area contributed by atoms with E-state index in [1.807, 2.05) is 42.5 Å². The van der Waals surface area contributed by atoms with Gasteiger partial charge < -0.3 is 26.4 Å². The minimum atomic E-state index is -0.852. The van der Waals surface area contributed by atoms with E-state index >= 15 is 0 Å². The highest BCUT2D eigenvalue weighted by Crippen LogP contribution is 2.23. The van der Waals surface area contributed by atoms with Crippen LogP contribution >= 0.6 is 21.6 Å². The topological polar surface area (TPSA) is 148 Å². The molecule has 12 heteroatoms. The summed E-state index contributed by atoms with van der Waals surface area (Å²) in [4.78, 5) is 45.5. The summed E-state index contributed by atoms with van der Waals surface area (Å²) >= 11 is 0. The van der Waals surface area contributed by atoms with E-state index in [4.69, 9.17) is 10.5 Å². The largest absolute Gasteiger partial charge is 0.445 e. The molecule has 2 atom stereocenters. The van der Waals surface area contributed by atoms with E-state index in [0.717, 1.165) is 16.7 Å². The van der Waals surface area contributed by atoms with E-state index < -0.39 is 18.2 Å². The lowest BCUT2D eigenvalue weighted by molar-refractivity contribution is -0.123. The number of aromatic nitrogens is 2. The van der Waals surface area contributed by atoms with Crippen LogP contribution in [0.3, 0.4) is 0 Å². The number of carbonyl (C=O) groups excluding carboxylic acids is 3. The van der Waals surface area contributed by atoms with Crippen LogP contribution in [0.25, 0.3) is 0 Å². The van der Waals surface area contributed by atoms with Crippen LogP contribution in [0.4, 0.5) is 4.79 Å². The second-order valence-electron chi connectivity index (χ2n) is 8.08. The molecule has 38 heavy (non-hydrogen) atoms. The lowest BCUT2D eigenvalue weighted by Gasteiger charge is -2.18. The molecule has 0 aliphatic heterocycles. The van der Waals surface area contributed by atoms with Gasteiger partial charge >= 0.3 is 6.09 Å². The molecule has 3 rings (SSSR count). The number of nitrogens with two attached hydrogens (primary N) is 1. The molecular formula is C26H30N6O4S2. The number of hydrogen-bond donors (Lipinski definition) is 4. The van der Waals surface area contributed by atoms with E-state index in [-0.39, 0.29) is 24.2 Å².